The van der Waals surface area contributed by atoms with Crippen LogP contribution in [0.5, 0.6) is 0 Å². The number of hydrogen-bond acceptors (Lipinski definition) is 1. The van der Waals surface area contributed by atoms with Gasteiger partial charge in [-0.15, -0.1) is 0 Å². The summed E-state index contributed by atoms with van der Waals surface area (Å²) in [4.78, 5) is 13.1. The zero-order valence-electron chi connectivity index (χ0n) is 12.6. The molecule has 3 aromatic carbocycles. The van der Waals surface area contributed by atoms with Crippen LogP contribution in [0.2, 0.25) is 5.02 Å². The first-order valence-corrected chi connectivity index (χ1v) is 7.80. The molecule has 1 aromatic heterocycles. The van der Waals surface area contributed by atoms with Crippen LogP contribution < -0.4 is 0 Å². The Balaban J connectivity index is 1.97. The lowest BCUT2D eigenvalue weighted by Gasteiger charge is -2.05. The lowest BCUT2D eigenvalue weighted by Crippen LogP contribution is -2.01. The van der Waals surface area contributed by atoms with Gasteiger partial charge >= 0.3 is 0 Å². The fourth-order valence-corrected chi connectivity index (χ4v) is 3.29. The molecule has 0 bridgehead atoms. The highest BCUT2D eigenvalue weighted by molar-refractivity contribution is 6.32. The Labute approximate surface area is 138 Å². The van der Waals surface area contributed by atoms with E-state index in [-0.39, 0.29) is 5.78 Å². The molecule has 0 radical (unpaired) electrons. The molecule has 0 unspecified atom stereocenters. The molecule has 0 spiro atoms. The van der Waals surface area contributed by atoms with Crippen LogP contribution in [0, 0.1) is 0 Å². The van der Waals surface area contributed by atoms with Gasteiger partial charge in [0.15, 0.2) is 5.78 Å². The highest BCUT2D eigenvalue weighted by atomic mass is 35.5. The summed E-state index contributed by atoms with van der Waals surface area (Å²) in [5.41, 5.74) is 2.40. The minimum Gasteiger partial charge on any atom is -0.350 e. The number of rotatable bonds is 2. The van der Waals surface area contributed by atoms with Gasteiger partial charge in [0, 0.05) is 40.3 Å². The van der Waals surface area contributed by atoms with Crippen molar-refractivity contribution >= 4 is 39.1 Å². The summed E-state index contributed by atoms with van der Waals surface area (Å²) in [6.07, 6.45) is 1.88. The highest BCUT2D eigenvalue weighted by Crippen LogP contribution is 2.28. The van der Waals surface area contributed by atoms with Gasteiger partial charge in [-0.3, -0.25) is 4.79 Å². The van der Waals surface area contributed by atoms with Crippen LogP contribution >= 0.6 is 11.6 Å². The van der Waals surface area contributed by atoms with E-state index in [1.807, 2.05) is 78.5 Å². The van der Waals surface area contributed by atoms with E-state index in [1.54, 1.807) is 0 Å². The predicted octanol–water partition coefficient (Wildman–Crippen LogP) is 5.22. The van der Waals surface area contributed by atoms with E-state index < -0.39 is 0 Å². The Hall–Kier alpha value is -2.58. The number of aryl methyl sites for hydroxylation is 1. The second-order valence-corrected chi connectivity index (χ2v) is 6.11. The predicted molar refractivity (Wildman–Crippen MR) is 95.3 cm³/mol. The van der Waals surface area contributed by atoms with Gasteiger partial charge < -0.3 is 4.57 Å². The molecular weight excluding hydrogens is 306 g/mol. The second kappa shape index (κ2) is 5.25. The Kier molecular flexibility index (Phi) is 3.21. The molecule has 0 atom stereocenters. The Bertz CT molecular complexity index is 1060. The number of aromatic nitrogens is 1. The average molecular weight is 320 g/mol. The molecule has 4 aromatic rings. The van der Waals surface area contributed by atoms with E-state index in [2.05, 4.69) is 0 Å². The topological polar surface area (TPSA) is 22.0 Å². The van der Waals surface area contributed by atoms with Crippen molar-refractivity contribution in [1.29, 1.82) is 0 Å². The number of carbonyl (C=O) groups is 1. The zero-order chi connectivity index (χ0) is 16.0. The molecule has 0 aliphatic heterocycles. The molecule has 2 nitrogen and oxygen atoms in total. The lowest BCUT2D eigenvalue weighted by molar-refractivity contribution is 0.104. The van der Waals surface area contributed by atoms with Gasteiger partial charge in [-0.25, -0.2) is 0 Å². The molecule has 3 heteroatoms. The number of carbonyl (C=O) groups excluding carboxylic acids is 1. The van der Waals surface area contributed by atoms with E-state index in [1.165, 1.54) is 0 Å². The normalized spacial score (nSPS) is 11.2. The highest BCUT2D eigenvalue weighted by Gasteiger charge is 2.17. The van der Waals surface area contributed by atoms with Gasteiger partial charge in [0.2, 0.25) is 0 Å². The Morgan fingerprint density at radius 3 is 2.57 bits per heavy atom. The molecular formula is C20H14ClNO. The maximum absolute atomic E-state index is 13.1. The fourth-order valence-electron chi connectivity index (χ4n) is 3.11. The van der Waals surface area contributed by atoms with Crippen molar-refractivity contribution in [2.75, 3.05) is 0 Å². The first-order valence-electron chi connectivity index (χ1n) is 7.42. The van der Waals surface area contributed by atoms with E-state index >= 15 is 0 Å². The van der Waals surface area contributed by atoms with Crippen molar-refractivity contribution in [2.45, 2.75) is 0 Å². The van der Waals surface area contributed by atoms with Crippen LogP contribution in [0.25, 0.3) is 21.7 Å². The monoisotopic (exact) mass is 319 g/mol. The largest absolute Gasteiger partial charge is 0.350 e. The zero-order valence-corrected chi connectivity index (χ0v) is 13.3. The van der Waals surface area contributed by atoms with E-state index in [4.69, 9.17) is 11.6 Å². The van der Waals surface area contributed by atoms with Crippen molar-refractivity contribution in [2.24, 2.45) is 7.05 Å². The summed E-state index contributed by atoms with van der Waals surface area (Å²) in [6.45, 7) is 0. The van der Waals surface area contributed by atoms with Gasteiger partial charge in [0.1, 0.15) is 0 Å². The van der Waals surface area contributed by atoms with E-state index in [0.29, 0.717) is 10.6 Å². The van der Waals surface area contributed by atoms with Crippen LogP contribution in [-0.2, 0) is 7.05 Å². The first-order chi connectivity index (χ1) is 11.1. The number of hydrogen-bond donors (Lipinski definition) is 0. The SMILES string of the molecule is Cn1cc(C(=O)c2cccc3ccccc23)c2cc(Cl)ccc21. The Morgan fingerprint density at radius 1 is 0.913 bits per heavy atom. The van der Waals surface area contributed by atoms with Crippen molar-refractivity contribution < 1.29 is 4.79 Å². The number of ketones is 1. The molecule has 112 valence electrons. The quantitative estimate of drug-likeness (QED) is 0.464. The molecule has 4 rings (SSSR count). The van der Waals surface area contributed by atoms with Crippen LogP contribution in [0.1, 0.15) is 15.9 Å². The molecule has 23 heavy (non-hydrogen) atoms. The smallest absolute Gasteiger partial charge is 0.195 e. The molecule has 0 N–H and O–H groups in total. The summed E-state index contributed by atoms with van der Waals surface area (Å²) < 4.78 is 1.96. The van der Waals surface area contributed by atoms with Crippen molar-refractivity contribution in [3.05, 3.63) is 83.0 Å². The summed E-state index contributed by atoms with van der Waals surface area (Å²) in [6, 6.07) is 19.4. The average Bonchev–Trinajstić information content (AvgIpc) is 2.90. The minimum atomic E-state index is 0.0228. The van der Waals surface area contributed by atoms with E-state index in [9.17, 15) is 4.79 Å². The van der Waals surface area contributed by atoms with E-state index in [0.717, 1.165) is 27.2 Å². The van der Waals surface area contributed by atoms with Gasteiger partial charge in [-0.05, 0) is 29.0 Å². The molecule has 1 heterocycles. The maximum Gasteiger partial charge on any atom is 0.195 e. The summed E-state index contributed by atoms with van der Waals surface area (Å²) in [7, 11) is 1.94. The van der Waals surface area contributed by atoms with Gasteiger partial charge in [0.25, 0.3) is 0 Å². The number of halogens is 1. The maximum atomic E-state index is 13.1. The summed E-state index contributed by atoms with van der Waals surface area (Å²) >= 11 is 6.13. The van der Waals surface area contributed by atoms with Crippen LogP contribution in [0.4, 0.5) is 0 Å². The minimum absolute atomic E-state index is 0.0228. The number of benzene rings is 3. The van der Waals surface area contributed by atoms with Crippen LogP contribution in [-0.4, -0.2) is 10.4 Å². The molecule has 0 saturated carbocycles. The lowest BCUT2D eigenvalue weighted by atomic mass is 9.97. The standard InChI is InChI=1S/C20H14ClNO/c1-22-12-18(17-11-14(21)9-10-19(17)22)20(23)16-8-4-6-13-5-2-3-7-15(13)16/h2-12H,1H3. The number of nitrogens with zero attached hydrogens (tertiary/aromatic N) is 1. The first kappa shape index (κ1) is 14.0. The second-order valence-electron chi connectivity index (χ2n) is 5.67. The molecule has 0 saturated heterocycles. The van der Waals surface area contributed by atoms with Crippen LogP contribution in [0.3, 0.4) is 0 Å². The van der Waals surface area contributed by atoms with Crippen molar-refractivity contribution in [3.63, 3.8) is 0 Å². The van der Waals surface area contributed by atoms with Gasteiger partial charge in [-0.2, -0.15) is 0 Å². The van der Waals surface area contributed by atoms with Crippen molar-refractivity contribution in [3.8, 4) is 0 Å². The molecule has 0 fully saturated rings. The third-order valence-electron chi connectivity index (χ3n) is 4.23. The number of fused-ring (bicyclic) bond motifs is 2. The summed E-state index contributed by atoms with van der Waals surface area (Å²) in [5.74, 6) is 0.0228. The molecule has 0 aliphatic carbocycles. The summed E-state index contributed by atoms with van der Waals surface area (Å²) in [5, 5.41) is 3.56. The fraction of sp³-hybridized carbons (Fsp3) is 0.0500. The third kappa shape index (κ3) is 2.23. The Morgan fingerprint density at radius 2 is 1.70 bits per heavy atom. The van der Waals surface area contributed by atoms with Gasteiger partial charge in [0.05, 0.1) is 0 Å². The van der Waals surface area contributed by atoms with Crippen molar-refractivity contribution in [1.82, 2.24) is 4.57 Å². The third-order valence-corrected chi connectivity index (χ3v) is 4.47. The van der Waals surface area contributed by atoms with Gasteiger partial charge in [-0.1, -0.05) is 54.1 Å². The molecule has 0 aliphatic rings. The molecule has 0 amide bonds. The van der Waals surface area contributed by atoms with Crippen LogP contribution in [0.15, 0.2) is 66.9 Å².